The second kappa shape index (κ2) is 6.38. The maximum atomic E-state index is 14.3. The van der Waals surface area contributed by atoms with E-state index in [4.69, 9.17) is 0 Å². The summed E-state index contributed by atoms with van der Waals surface area (Å²) < 4.78 is 83.3. The standard InChI is InChI=1S/C18H23F6N3O/c1-4-16(19)5-10(6-16)12-11(18(22,23)24)13(14(28)25-3)27(26-12)9-15(2)7-17(20,21)8-15/h10H,4-9H2,1-3H3,(H,25,28). The van der Waals surface area contributed by atoms with Gasteiger partial charge in [0.25, 0.3) is 5.91 Å². The van der Waals surface area contributed by atoms with Gasteiger partial charge in [0.1, 0.15) is 16.9 Å². The largest absolute Gasteiger partial charge is 0.420 e. The number of aromatic nitrogens is 2. The van der Waals surface area contributed by atoms with E-state index >= 15 is 0 Å². The van der Waals surface area contributed by atoms with E-state index in [1.807, 2.05) is 0 Å². The molecule has 0 spiro atoms. The van der Waals surface area contributed by atoms with Gasteiger partial charge in [-0.3, -0.25) is 9.48 Å². The maximum absolute atomic E-state index is 14.3. The minimum Gasteiger partial charge on any atom is -0.354 e. The molecular weight excluding hydrogens is 388 g/mol. The second-order valence-electron chi connectivity index (χ2n) is 8.47. The van der Waals surface area contributed by atoms with E-state index in [0.29, 0.717) is 0 Å². The first-order valence-corrected chi connectivity index (χ1v) is 9.19. The normalized spacial score (nSPS) is 28.4. The molecule has 10 heteroatoms. The topological polar surface area (TPSA) is 46.9 Å². The average molecular weight is 411 g/mol. The highest BCUT2D eigenvalue weighted by atomic mass is 19.4. The highest BCUT2D eigenvalue weighted by molar-refractivity contribution is 5.94. The van der Waals surface area contributed by atoms with E-state index in [1.165, 1.54) is 14.0 Å². The second-order valence-corrected chi connectivity index (χ2v) is 8.47. The smallest absolute Gasteiger partial charge is 0.354 e. The van der Waals surface area contributed by atoms with Crippen LogP contribution in [0.5, 0.6) is 0 Å². The van der Waals surface area contributed by atoms with E-state index in [-0.39, 0.29) is 31.5 Å². The van der Waals surface area contributed by atoms with Crippen molar-refractivity contribution in [1.29, 1.82) is 0 Å². The molecule has 0 saturated heterocycles. The van der Waals surface area contributed by atoms with Crippen LogP contribution in [0.4, 0.5) is 26.3 Å². The summed E-state index contributed by atoms with van der Waals surface area (Å²) >= 11 is 0. The first kappa shape index (κ1) is 21.0. The Kier molecular flexibility index (Phi) is 4.78. The van der Waals surface area contributed by atoms with Gasteiger partial charge in [0.05, 0.1) is 5.69 Å². The van der Waals surface area contributed by atoms with Crippen molar-refractivity contribution in [3.8, 4) is 0 Å². The van der Waals surface area contributed by atoms with Crippen LogP contribution in [0.2, 0.25) is 0 Å². The lowest BCUT2D eigenvalue weighted by Crippen LogP contribution is -2.47. The fourth-order valence-electron chi connectivity index (χ4n) is 4.49. The molecule has 1 heterocycles. The third kappa shape index (κ3) is 3.61. The summed E-state index contributed by atoms with van der Waals surface area (Å²) in [6.45, 7) is 2.91. The van der Waals surface area contributed by atoms with Crippen molar-refractivity contribution in [2.24, 2.45) is 5.41 Å². The molecule has 0 unspecified atom stereocenters. The number of rotatable bonds is 5. The zero-order valence-electron chi connectivity index (χ0n) is 15.9. The lowest BCUT2D eigenvalue weighted by atomic mass is 9.67. The number of nitrogens with zero attached hydrogens (tertiary/aromatic N) is 2. The zero-order chi connectivity index (χ0) is 21.1. The monoisotopic (exact) mass is 411 g/mol. The highest BCUT2D eigenvalue weighted by Gasteiger charge is 2.55. The molecule has 1 N–H and O–H groups in total. The summed E-state index contributed by atoms with van der Waals surface area (Å²) in [7, 11) is 1.19. The predicted molar refractivity (Wildman–Crippen MR) is 89.0 cm³/mol. The van der Waals surface area contributed by atoms with Gasteiger partial charge < -0.3 is 5.32 Å². The molecule has 4 nitrogen and oxygen atoms in total. The number of nitrogens with one attached hydrogen (secondary N) is 1. The molecule has 2 aliphatic carbocycles. The van der Waals surface area contributed by atoms with Crippen LogP contribution in [-0.2, 0) is 12.7 Å². The predicted octanol–water partition coefficient (Wildman–Crippen LogP) is 4.69. The number of carbonyl (C=O) groups is 1. The molecule has 3 rings (SSSR count). The number of alkyl halides is 6. The molecule has 2 saturated carbocycles. The SMILES string of the molecule is CCC1(F)CC(c2nn(CC3(C)CC(F)(F)C3)c(C(=O)NC)c2C(F)(F)F)C1. The van der Waals surface area contributed by atoms with Crippen molar-refractivity contribution >= 4 is 5.91 Å². The van der Waals surface area contributed by atoms with Crippen LogP contribution < -0.4 is 5.32 Å². The number of halogens is 6. The average Bonchev–Trinajstić information content (AvgIpc) is 2.87. The molecular formula is C18H23F6N3O. The van der Waals surface area contributed by atoms with Gasteiger partial charge in [-0.1, -0.05) is 13.8 Å². The van der Waals surface area contributed by atoms with Gasteiger partial charge in [-0.2, -0.15) is 18.3 Å². The number of hydrogen-bond donors (Lipinski definition) is 1. The minimum absolute atomic E-state index is 0.105. The maximum Gasteiger partial charge on any atom is 0.420 e. The van der Waals surface area contributed by atoms with E-state index in [2.05, 4.69) is 10.4 Å². The first-order valence-electron chi connectivity index (χ1n) is 9.19. The van der Waals surface area contributed by atoms with Gasteiger partial charge in [0.2, 0.25) is 5.92 Å². The van der Waals surface area contributed by atoms with Gasteiger partial charge in [0.15, 0.2) is 0 Å². The Balaban J connectivity index is 2.03. The summed E-state index contributed by atoms with van der Waals surface area (Å²) in [6, 6.07) is 0. The third-order valence-corrected chi connectivity index (χ3v) is 5.85. The Labute approximate surface area is 158 Å². The lowest BCUT2D eigenvalue weighted by molar-refractivity contribution is -0.160. The van der Waals surface area contributed by atoms with Gasteiger partial charge >= 0.3 is 6.18 Å². The van der Waals surface area contributed by atoms with Gasteiger partial charge in [0, 0.05) is 32.4 Å². The molecule has 1 aromatic rings. The number of carbonyl (C=O) groups excluding carboxylic acids is 1. The summed E-state index contributed by atoms with van der Waals surface area (Å²) in [4.78, 5) is 12.3. The van der Waals surface area contributed by atoms with Gasteiger partial charge in [-0.25, -0.2) is 13.2 Å². The molecule has 158 valence electrons. The van der Waals surface area contributed by atoms with Crippen LogP contribution in [0.3, 0.4) is 0 Å². The van der Waals surface area contributed by atoms with Crippen molar-refractivity contribution in [3.05, 3.63) is 17.0 Å². The number of hydrogen-bond acceptors (Lipinski definition) is 2. The Morgan fingerprint density at radius 1 is 1.25 bits per heavy atom. The van der Waals surface area contributed by atoms with E-state index in [0.717, 1.165) is 4.68 Å². The summed E-state index contributed by atoms with van der Waals surface area (Å²) in [5.41, 5.74) is -4.76. The molecule has 28 heavy (non-hydrogen) atoms. The molecule has 2 fully saturated rings. The molecule has 1 aromatic heterocycles. The minimum atomic E-state index is -4.87. The van der Waals surface area contributed by atoms with E-state index < -0.39 is 59.1 Å². The van der Waals surface area contributed by atoms with Crippen LogP contribution in [0.1, 0.15) is 73.6 Å². The first-order chi connectivity index (χ1) is 12.7. The van der Waals surface area contributed by atoms with Gasteiger partial charge in [-0.05, 0) is 24.7 Å². The molecule has 0 aromatic carbocycles. The number of amides is 1. The van der Waals surface area contributed by atoms with Crippen molar-refractivity contribution in [3.63, 3.8) is 0 Å². The molecule has 0 aliphatic heterocycles. The summed E-state index contributed by atoms with van der Waals surface area (Å²) in [5, 5.41) is 6.17. The van der Waals surface area contributed by atoms with Crippen molar-refractivity contribution < 1.29 is 31.1 Å². The lowest BCUT2D eigenvalue weighted by Gasteiger charge is -2.44. The zero-order valence-corrected chi connectivity index (χ0v) is 15.9. The van der Waals surface area contributed by atoms with Crippen LogP contribution in [0, 0.1) is 5.41 Å². The molecule has 2 aliphatic rings. The quantitative estimate of drug-likeness (QED) is 0.715. The van der Waals surface area contributed by atoms with Crippen molar-refractivity contribution in [1.82, 2.24) is 15.1 Å². The third-order valence-electron chi connectivity index (χ3n) is 5.85. The summed E-state index contributed by atoms with van der Waals surface area (Å²) in [6.07, 6.45) is -5.88. The van der Waals surface area contributed by atoms with Crippen molar-refractivity contribution in [2.75, 3.05) is 7.05 Å². The molecule has 0 radical (unpaired) electrons. The van der Waals surface area contributed by atoms with E-state index in [9.17, 15) is 31.1 Å². The Morgan fingerprint density at radius 3 is 2.25 bits per heavy atom. The van der Waals surface area contributed by atoms with Crippen LogP contribution in [-0.4, -0.2) is 34.3 Å². The van der Waals surface area contributed by atoms with Crippen LogP contribution >= 0.6 is 0 Å². The van der Waals surface area contributed by atoms with Crippen molar-refractivity contribution in [2.45, 2.75) is 76.2 Å². The fraction of sp³-hybridized carbons (Fsp3) is 0.778. The summed E-state index contributed by atoms with van der Waals surface area (Å²) in [5.74, 6) is -4.63. The van der Waals surface area contributed by atoms with Crippen LogP contribution in [0.15, 0.2) is 0 Å². The fourth-order valence-corrected chi connectivity index (χ4v) is 4.49. The highest BCUT2D eigenvalue weighted by Crippen LogP contribution is 2.54. The Morgan fingerprint density at radius 2 is 1.82 bits per heavy atom. The molecule has 0 bridgehead atoms. The molecule has 0 atom stereocenters. The van der Waals surface area contributed by atoms with E-state index in [1.54, 1.807) is 6.92 Å². The van der Waals surface area contributed by atoms with Crippen LogP contribution in [0.25, 0.3) is 0 Å². The van der Waals surface area contributed by atoms with Gasteiger partial charge in [-0.15, -0.1) is 0 Å². The Bertz CT molecular complexity index is 771. The Hall–Kier alpha value is -1.74. The molecule has 1 amide bonds.